The summed E-state index contributed by atoms with van der Waals surface area (Å²) in [5.41, 5.74) is 0. The van der Waals surface area contributed by atoms with Gasteiger partial charge < -0.3 is 10.2 Å². The molecule has 1 N–H and O–H groups in total. The largest absolute Gasteiger partial charge is 0.335 e. The number of carbonyl (C=O) groups excluding carboxylic acids is 2. The summed E-state index contributed by atoms with van der Waals surface area (Å²) in [7, 11) is 1.52. The predicted molar refractivity (Wildman–Crippen MR) is 64.4 cm³/mol. The lowest BCUT2D eigenvalue weighted by atomic mass is 10.4. The molecular weight excluding hydrogens is 262 g/mol. The molecule has 90 valence electrons. The van der Waals surface area contributed by atoms with Crippen molar-refractivity contribution in [2.45, 2.75) is 6.54 Å². The molecule has 0 fully saturated rings. The Bertz CT molecular complexity index is 466. The Balaban J connectivity index is 2.53. The van der Waals surface area contributed by atoms with E-state index in [4.69, 9.17) is 16.9 Å². The Morgan fingerprint density at radius 1 is 1.59 bits per heavy atom. The number of carbonyl (C=O) groups is 2. The van der Waals surface area contributed by atoms with Crippen molar-refractivity contribution in [3.05, 3.63) is 21.3 Å². The number of amides is 2. The minimum absolute atomic E-state index is 0.177. The van der Waals surface area contributed by atoms with Crippen molar-refractivity contribution >= 4 is 34.8 Å². The van der Waals surface area contributed by atoms with Crippen LogP contribution in [0.25, 0.3) is 0 Å². The molecule has 1 aromatic heterocycles. The van der Waals surface area contributed by atoms with Crippen molar-refractivity contribution in [3.63, 3.8) is 0 Å². The number of hydrogen-bond acceptors (Lipinski definition) is 4. The van der Waals surface area contributed by atoms with Gasteiger partial charge in [-0.2, -0.15) is 5.26 Å². The van der Waals surface area contributed by atoms with E-state index < -0.39 is 11.8 Å². The normalized spacial score (nSPS) is 9.47. The van der Waals surface area contributed by atoms with Gasteiger partial charge in [0.15, 0.2) is 0 Å². The molecule has 1 aromatic rings. The Morgan fingerprint density at radius 2 is 2.29 bits per heavy atom. The number of halogens is 1. The van der Waals surface area contributed by atoms with Gasteiger partial charge in [-0.05, 0) is 12.1 Å². The number of hydrogen-bond donors (Lipinski definition) is 1. The minimum Gasteiger partial charge on any atom is -0.335 e. The summed E-state index contributed by atoms with van der Waals surface area (Å²) in [5.74, 6) is -1.46. The molecule has 0 spiro atoms. The molecule has 1 rings (SSSR count). The number of nitrogens with zero attached hydrogens (tertiary/aromatic N) is 2. The van der Waals surface area contributed by atoms with Crippen LogP contribution in [-0.2, 0) is 16.1 Å². The van der Waals surface area contributed by atoms with Gasteiger partial charge in [0.05, 0.1) is 17.0 Å². The molecule has 0 saturated carbocycles. The predicted octanol–water partition coefficient (Wildman–Crippen LogP) is 1.000. The maximum absolute atomic E-state index is 11.5. The van der Waals surface area contributed by atoms with Gasteiger partial charge in [0.1, 0.15) is 6.54 Å². The summed E-state index contributed by atoms with van der Waals surface area (Å²) >= 11 is 7.10. The first-order valence-corrected chi connectivity index (χ1v) is 5.88. The number of thiophene rings is 1. The second-order valence-corrected chi connectivity index (χ2v) is 5.01. The van der Waals surface area contributed by atoms with Crippen LogP contribution in [0.2, 0.25) is 4.34 Å². The van der Waals surface area contributed by atoms with E-state index >= 15 is 0 Å². The molecule has 0 atom stereocenters. The highest BCUT2D eigenvalue weighted by molar-refractivity contribution is 7.16. The molecule has 0 saturated heterocycles. The molecule has 1 heterocycles. The zero-order valence-corrected chi connectivity index (χ0v) is 10.6. The van der Waals surface area contributed by atoms with Gasteiger partial charge in [-0.3, -0.25) is 9.59 Å². The van der Waals surface area contributed by atoms with Gasteiger partial charge in [0, 0.05) is 11.9 Å². The zero-order chi connectivity index (χ0) is 12.8. The average Bonchev–Trinajstić information content (AvgIpc) is 2.70. The molecule has 5 nitrogen and oxygen atoms in total. The maximum Gasteiger partial charge on any atom is 0.311 e. The second-order valence-electron chi connectivity index (χ2n) is 3.21. The number of nitrogens with one attached hydrogen (secondary N) is 1. The average molecular weight is 272 g/mol. The molecule has 7 heteroatoms. The van der Waals surface area contributed by atoms with Crippen molar-refractivity contribution in [1.29, 1.82) is 5.26 Å². The second kappa shape index (κ2) is 6.23. The molecule has 0 unspecified atom stereocenters. The minimum atomic E-state index is -0.781. The molecule has 2 amide bonds. The molecule has 17 heavy (non-hydrogen) atoms. The van der Waals surface area contributed by atoms with Gasteiger partial charge in [-0.25, -0.2) is 0 Å². The standard InChI is InChI=1S/C10H10ClN3O2S/c1-14(6-7-2-3-8(11)17-7)10(16)9(15)13-5-4-12/h2-3H,5-6H2,1H3,(H,13,15). The number of rotatable bonds is 3. The fourth-order valence-electron chi connectivity index (χ4n) is 1.11. The summed E-state index contributed by atoms with van der Waals surface area (Å²) in [4.78, 5) is 25.0. The van der Waals surface area contributed by atoms with E-state index in [9.17, 15) is 9.59 Å². The summed E-state index contributed by atoms with van der Waals surface area (Å²) in [6, 6.07) is 5.25. The Labute approximate surface area is 108 Å². The van der Waals surface area contributed by atoms with Crippen molar-refractivity contribution in [3.8, 4) is 6.07 Å². The van der Waals surface area contributed by atoms with E-state index in [-0.39, 0.29) is 6.54 Å². The van der Waals surface area contributed by atoms with Crippen LogP contribution in [0.3, 0.4) is 0 Å². The molecule has 0 aliphatic heterocycles. The molecule has 0 aliphatic carbocycles. The first-order chi connectivity index (χ1) is 8.04. The molecular formula is C10H10ClN3O2S. The fraction of sp³-hybridized carbons (Fsp3) is 0.300. The van der Waals surface area contributed by atoms with E-state index in [1.54, 1.807) is 18.2 Å². The van der Waals surface area contributed by atoms with Crippen molar-refractivity contribution < 1.29 is 9.59 Å². The number of likely N-dealkylation sites (N-methyl/N-ethyl adjacent to an activating group) is 1. The van der Waals surface area contributed by atoms with E-state index in [2.05, 4.69) is 5.32 Å². The van der Waals surface area contributed by atoms with Crippen LogP contribution in [-0.4, -0.2) is 30.3 Å². The summed E-state index contributed by atoms with van der Waals surface area (Å²) in [5, 5.41) is 10.5. The lowest BCUT2D eigenvalue weighted by Crippen LogP contribution is -2.40. The van der Waals surface area contributed by atoms with Crippen LogP contribution in [0.4, 0.5) is 0 Å². The van der Waals surface area contributed by atoms with Gasteiger partial charge in [-0.15, -0.1) is 11.3 Å². The lowest BCUT2D eigenvalue weighted by Gasteiger charge is -2.14. The highest BCUT2D eigenvalue weighted by Gasteiger charge is 2.18. The van der Waals surface area contributed by atoms with Crippen LogP contribution in [0.15, 0.2) is 12.1 Å². The molecule has 0 radical (unpaired) electrons. The molecule has 0 aliphatic rings. The summed E-state index contributed by atoms with van der Waals surface area (Å²) in [6.07, 6.45) is 0. The quantitative estimate of drug-likeness (QED) is 0.658. The topological polar surface area (TPSA) is 73.2 Å². The van der Waals surface area contributed by atoms with Gasteiger partial charge in [0.25, 0.3) is 0 Å². The lowest BCUT2D eigenvalue weighted by molar-refractivity contribution is -0.145. The smallest absolute Gasteiger partial charge is 0.311 e. The van der Waals surface area contributed by atoms with Gasteiger partial charge in [0.2, 0.25) is 0 Å². The monoisotopic (exact) mass is 271 g/mol. The SMILES string of the molecule is CN(Cc1ccc(Cl)s1)C(=O)C(=O)NCC#N. The van der Waals surface area contributed by atoms with Crippen LogP contribution in [0.5, 0.6) is 0 Å². The van der Waals surface area contributed by atoms with Crippen LogP contribution >= 0.6 is 22.9 Å². The van der Waals surface area contributed by atoms with Crippen LogP contribution < -0.4 is 5.32 Å². The third-order valence-corrected chi connectivity index (χ3v) is 3.11. The van der Waals surface area contributed by atoms with E-state index in [1.807, 2.05) is 0 Å². The van der Waals surface area contributed by atoms with E-state index in [0.717, 1.165) is 4.88 Å². The summed E-state index contributed by atoms with van der Waals surface area (Å²) in [6.45, 7) is 0.138. The highest BCUT2D eigenvalue weighted by atomic mass is 35.5. The first kappa shape index (κ1) is 13.5. The molecule has 0 bridgehead atoms. The molecule has 0 aromatic carbocycles. The Morgan fingerprint density at radius 3 is 2.82 bits per heavy atom. The summed E-state index contributed by atoms with van der Waals surface area (Å²) < 4.78 is 0.634. The maximum atomic E-state index is 11.5. The van der Waals surface area contributed by atoms with Gasteiger partial charge >= 0.3 is 11.8 Å². The van der Waals surface area contributed by atoms with Crippen LogP contribution in [0, 0.1) is 11.3 Å². The third-order valence-electron chi connectivity index (χ3n) is 1.89. The third kappa shape index (κ3) is 4.06. The Kier molecular flexibility index (Phi) is 4.94. The van der Waals surface area contributed by atoms with Crippen molar-refractivity contribution in [1.82, 2.24) is 10.2 Å². The fourth-order valence-corrected chi connectivity index (χ4v) is 2.25. The zero-order valence-electron chi connectivity index (χ0n) is 9.07. The highest BCUT2D eigenvalue weighted by Crippen LogP contribution is 2.22. The van der Waals surface area contributed by atoms with E-state index in [0.29, 0.717) is 10.9 Å². The number of nitriles is 1. The van der Waals surface area contributed by atoms with E-state index in [1.165, 1.54) is 23.3 Å². The van der Waals surface area contributed by atoms with Gasteiger partial charge in [-0.1, -0.05) is 11.6 Å². The Hall–Kier alpha value is -1.58. The first-order valence-electron chi connectivity index (χ1n) is 4.69. The van der Waals surface area contributed by atoms with Crippen LogP contribution in [0.1, 0.15) is 4.88 Å². The van der Waals surface area contributed by atoms with Crippen molar-refractivity contribution in [2.24, 2.45) is 0 Å². The van der Waals surface area contributed by atoms with Crippen molar-refractivity contribution in [2.75, 3.05) is 13.6 Å².